The van der Waals surface area contributed by atoms with E-state index >= 15 is 0 Å². The normalized spacial score (nSPS) is 12.9. The van der Waals surface area contributed by atoms with E-state index in [1.165, 1.54) is 49.6 Å². The van der Waals surface area contributed by atoms with Crippen molar-refractivity contribution in [3.05, 3.63) is 47.5 Å². The van der Waals surface area contributed by atoms with Gasteiger partial charge in [0.1, 0.15) is 11.8 Å². The van der Waals surface area contributed by atoms with Crippen LogP contribution in [-0.2, 0) is 24.8 Å². The summed E-state index contributed by atoms with van der Waals surface area (Å²) in [4.78, 5) is 13.1. The van der Waals surface area contributed by atoms with E-state index in [-0.39, 0.29) is 34.5 Å². The molecule has 0 unspecified atom stereocenters. The maximum Gasteiger partial charge on any atom is 0.248 e. The molecule has 0 aliphatic carbocycles. The number of nitrogens with zero attached hydrogens (tertiary/aromatic N) is 1. The van der Waals surface area contributed by atoms with Gasteiger partial charge in [0.2, 0.25) is 26.0 Å². The molecule has 0 saturated heterocycles. The minimum atomic E-state index is -3.85. The third kappa shape index (κ3) is 6.83. The lowest BCUT2D eigenvalue weighted by Gasteiger charge is -2.30. The molecule has 182 valence electrons. The summed E-state index contributed by atoms with van der Waals surface area (Å²) in [5.74, 6) is -0.429. The molecule has 0 aliphatic heterocycles. The number of hydrogen-bond acceptors (Lipinski definition) is 6. The molecule has 1 atom stereocenters. The molecule has 2 aromatic carbocycles. The van der Waals surface area contributed by atoms with Crippen LogP contribution in [0.25, 0.3) is 0 Å². The predicted molar refractivity (Wildman–Crippen MR) is 130 cm³/mol. The molecule has 0 saturated carbocycles. The van der Waals surface area contributed by atoms with E-state index in [0.29, 0.717) is 5.02 Å². The standard InChI is InChI=1S/C21H28ClN3O6S2/c1-6-19(25(32(5,27)28)16-9-7-15(22)8-10-16)21(26)23-18-13-17(11-12-20(18)31-4)33(29,30)24-14(2)3/h7-14,19,24H,6H2,1-5H3,(H,23,26)/t19-/m1/s1. The van der Waals surface area contributed by atoms with Crippen molar-refractivity contribution < 1.29 is 26.4 Å². The Labute approximate surface area is 200 Å². The summed E-state index contributed by atoms with van der Waals surface area (Å²) in [6.07, 6.45) is 1.15. The van der Waals surface area contributed by atoms with Gasteiger partial charge >= 0.3 is 0 Å². The number of ether oxygens (including phenoxy) is 1. The number of anilines is 2. The maximum absolute atomic E-state index is 13.2. The van der Waals surface area contributed by atoms with E-state index in [1.807, 2.05) is 0 Å². The second kappa shape index (κ2) is 10.7. The molecule has 0 fully saturated rings. The molecular weight excluding hydrogens is 490 g/mol. The Kier molecular flexibility index (Phi) is 8.75. The minimum Gasteiger partial charge on any atom is -0.495 e. The molecule has 0 bridgehead atoms. The average molecular weight is 518 g/mol. The van der Waals surface area contributed by atoms with Gasteiger partial charge in [0.05, 0.1) is 29.6 Å². The summed E-state index contributed by atoms with van der Waals surface area (Å²) >= 11 is 5.91. The highest BCUT2D eigenvalue weighted by atomic mass is 35.5. The molecule has 0 spiro atoms. The van der Waals surface area contributed by atoms with Gasteiger partial charge in [0, 0.05) is 11.1 Å². The molecule has 0 aromatic heterocycles. The van der Waals surface area contributed by atoms with E-state index in [0.717, 1.165) is 10.6 Å². The first-order valence-electron chi connectivity index (χ1n) is 10.1. The molecule has 12 heteroatoms. The van der Waals surface area contributed by atoms with Crippen molar-refractivity contribution in [3.8, 4) is 5.75 Å². The summed E-state index contributed by atoms with van der Waals surface area (Å²) in [6.45, 7) is 5.04. The fourth-order valence-corrected chi connectivity index (χ4v) is 5.81. The highest BCUT2D eigenvalue weighted by Gasteiger charge is 2.32. The highest BCUT2D eigenvalue weighted by Crippen LogP contribution is 2.30. The number of halogens is 1. The Balaban J connectivity index is 2.47. The molecule has 2 aromatic rings. The van der Waals surface area contributed by atoms with E-state index in [2.05, 4.69) is 10.0 Å². The van der Waals surface area contributed by atoms with Crippen molar-refractivity contribution in [1.29, 1.82) is 0 Å². The summed E-state index contributed by atoms with van der Waals surface area (Å²) in [5.41, 5.74) is 0.366. The van der Waals surface area contributed by atoms with Crippen LogP contribution in [0.3, 0.4) is 0 Å². The first-order valence-corrected chi connectivity index (χ1v) is 13.8. The number of methoxy groups -OCH3 is 1. The van der Waals surface area contributed by atoms with Crippen molar-refractivity contribution in [2.45, 2.75) is 44.2 Å². The topological polar surface area (TPSA) is 122 Å². The number of benzene rings is 2. The van der Waals surface area contributed by atoms with Crippen LogP contribution >= 0.6 is 11.6 Å². The zero-order chi connectivity index (χ0) is 25.0. The second-order valence-electron chi connectivity index (χ2n) is 7.59. The van der Waals surface area contributed by atoms with Gasteiger partial charge in [-0.05, 0) is 62.7 Å². The van der Waals surface area contributed by atoms with Crippen molar-refractivity contribution in [1.82, 2.24) is 4.72 Å². The van der Waals surface area contributed by atoms with E-state index in [4.69, 9.17) is 16.3 Å². The summed E-state index contributed by atoms with van der Waals surface area (Å²) in [5, 5.41) is 3.04. The van der Waals surface area contributed by atoms with E-state index in [1.54, 1.807) is 20.8 Å². The molecule has 33 heavy (non-hydrogen) atoms. The summed E-state index contributed by atoms with van der Waals surface area (Å²) in [6, 6.07) is 8.66. The van der Waals surface area contributed by atoms with Crippen LogP contribution in [0.5, 0.6) is 5.75 Å². The summed E-state index contributed by atoms with van der Waals surface area (Å²) in [7, 11) is -6.30. The van der Waals surface area contributed by atoms with Gasteiger partial charge in [-0.3, -0.25) is 9.10 Å². The van der Waals surface area contributed by atoms with Crippen LogP contribution in [0.2, 0.25) is 5.02 Å². The van der Waals surface area contributed by atoms with Crippen LogP contribution in [-0.4, -0.2) is 48.2 Å². The number of amides is 1. The van der Waals surface area contributed by atoms with Gasteiger partial charge in [0.15, 0.2) is 0 Å². The Morgan fingerprint density at radius 3 is 2.18 bits per heavy atom. The van der Waals surface area contributed by atoms with Crippen molar-refractivity contribution in [2.75, 3.05) is 23.0 Å². The molecular formula is C21H28ClN3O6S2. The second-order valence-corrected chi connectivity index (χ2v) is 11.6. The number of rotatable bonds is 10. The molecule has 2 rings (SSSR count). The molecule has 0 aliphatic rings. The average Bonchev–Trinajstić information content (AvgIpc) is 2.70. The molecule has 0 radical (unpaired) electrons. The number of sulfonamides is 2. The number of hydrogen-bond donors (Lipinski definition) is 2. The van der Waals surface area contributed by atoms with Crippen LogP contribution < -0.4 is 19.1 Å². The fourth-order valence-electron chi connectivity index (χ4n) is 3.19. The van der Waals surface area contributed by atoms with Gasteiger partial charge in [-0.1, -0.05) is 18.5 Å². The monoisotopic (exact) mass is 517 g/mol. The first kappa shape index (κ1) is 26.9. The number of carbonyl (C=O) groups excluding carboxylic acids is 1. The summed E-state index contributed by atoms with van der Waals surface area (Å²) < 4.78 is 59.0. The van der Waals surface area contributed by atoms with E-state index < -0.39 is 32.0 Å². The highest BCUT2D eigenvalue weighted by molar-refractivity contribution is 7.92. The van der Waals surface area contributed by atoms with E-state index in [9.17, 15) is 21.6 Å². The molecule has 9 nitrogen and oxygen atoms in total. The molecule has 0 heterocycles. The lowest BCUT2D eigenvalue weighted by molar-refractivity contribution is -0.117. The van der Waals surface area contributed by atoms with Crippen molar-refractivity contribution in [3.63, 3.8) is 0 Å². The third-order valence-corrected chi connectivity index (χ3v) is 7.63. The number of nitrogens with one attached hydrogen (secondary N) is 2. The molecule has 2 N–H and O–H groups in total. The zero-order valence-corrected chi connectivity index (χ0v) is 21.4. The van der Waals surface area contributed by atoms with Gasteiger partial charge < -0.3 is 10.1 Å². The largest absolute Gasteiger partial charge is 0.495 e. The first-order chi connectivity index (χ1) is 15.3. The number of carbonyl (C=O) groups is 1. The zero-order valence-electron chi connectivity index (χ0n) is 19.0. The van der Waals surface area contributed by atoms with Crippen LogP contribution in [0.1, 0.15) is 27.2 Å². The third-order valence-electron chi connectivity index (χ3n) is 4.54. The van der Waals surface area contributed by atoms with Crippen LogP contribution in [0.4, 0.5) is 11.4 Å². The maximum atomic E-state index is 13.2. The van der Waals surface area contributed by atoms with Crippen molar-refractivity contribution >= 4 is 48.9 Å². The smallest absolute Gasteiger partial charge is 0.248 e. The molecule has 1 amide bonds. The van der Waals surface area contributed by atoms with Gasteiger partial charge in [-0.2, -0.15) is 0 Å². The van der Waals surface area contributed by atoms with Gasteiger partial charge in [-0.15, -0.1) is 0 Å². The predicted octanol–water partition coefficient (Wildman–Crippen LogP) is 3.22. The lowest BCUT2D eigenvalue weighted by Crippen LogP contribution is -2.47. The Bertz CT molecular complexity index is 1200. The quantitative estimate of drug-likeness (QED) is 0.499. The Morgan fingerprint density at radius 2 is 1.70 bits per heavy atom. The van der Waals surface area contributed by atoms with Gasteiger partial charge in [0.25, 0.3) is 0 Å². The van der Waals surface area contributed by atoms with Crippen molar-refractivity contribution in [2.24, 2.45) is 0 Å². The lowest BCUT2D eigenvalue weighted by atomic mass is 10.1. The fraction of sp³-hybridized carbons (Fsp3) is 0.381. The SMILES string of the molecule is CC[C@H](C(=O)Nc1cc(S(=O)(=O)NC(C)C)ccc1OC)N(c1ccc(Cl)cc1)S(C)(=O)=O. The Morgan fingerprint density at radius 1 is 1.09 bits per heavy atom. The Hall–Kier alpha value is -2.34. The van der Waals surface area contributed by atoms with Crippen LogP contribution in [0.15, 0.2) is 47.4 Å². The minimum absolute atomic E-state index is 0.0713. The van der Waals surface area contributed by atoms with Crippen LogP contribution in [0, 0.1) is 0 Å². The van der Waals surface area contributed by atoms with Gasteiger partial charge in [-0.25, -0.2) is 21.6 Å².